The fourth-order valence-corrected chi connectivity index (χ4v) is 2.75. The van der Waals surface area contributed by atoms with Gasteiger partial charge in [0.05, 0.1) is 5.75 Å². The maximum Gasteiger partial charge on any atom is 0.313 e. The van der Waals surface area contributed by atoms with Crippen LogP contribution in [0.4, 0.5) is 5.95 Å². The molecule has 1 rings (SSSR count). The fraction of sp³-hybridized carbons (Fsp3) is 0.769. The Bertz CT molecular complexity index is 446. The van der Waals surface area contributed by atoms with Gasteiger partial charge in [0.15, 0.2) is 5.16 Å². The lowest BCUT2D eigenvalue weighted by molar-refractivity contribution is -0.133. The number of thioether (sulfide) groups is 1. The molecule has 0 aromatic carbocycles. The quantitative estimate of drug-likeness (QED) is 0.744. The van der Waals surface area contributed by atoms with Crippen LogP contribution in [0.2, 0.25) is 0 Å². The van der Waals surface area contributed by atoms with E-state index in [0.717, 1.165) is 18.9 Å². The second-order valence-corrected chi connectivity index (χ2v) is 6.16. The van der Waals surface area contributed by atoms with Crippen molar-refractivity contribution in [2.24, 2.45) is 0 Å². The molecule has 0 saturated carbocycles. The second kappa shape index (κ2) is 7.52. The van der Waals surface area contributed by atoms with Crippen molar-refractivity contribution >= 4 is 23.7 Å². The summed E-state index contributed by atoms with van der Waals surface area (Å²) in [4.78, 5) is 12.9. The Morgan fingerprint density at radius 1 is 1.35 bits per heavy atom. The summed E-state index contributed by atoms with van der Waals surface area (Å²) in [5.41, 5.74) is 0. The van der Waals surface area contributed by atoms with Crippen LogP contribution >= 0.6 is 11.8 Å². The van der Waals surface area contributed by atoms with Gasteiger partial charge in [-0.25, -0.2) is 0 Å². The summed E-state index contributed by atoms with van der Waals surface area (Å²) >= 11 is 1.21. The van der Waals surface area contributed by atoms with Crippen LogP contribution in [-0.4, -0.2) is 44.2 Å². The summed E-state index contributed by atoms with van der Waals surface area (Å²) < 4.78 is 2.02. The second-order valence-electron chi connectivity index (χ2n) is 5.22. The van der Waals surface area contributed by atoms with Gasteiger partial charge in [0.25, 0.3) is 0 Å². The third-order valence-corrected chi connectivity index (χ3v) is 3.76. The molecule has 0 atom stereocenters. The average Bonchev–Trinajstić information content (AvgIpc) is 2.76. The number of rotatable bonds is 8. The van der Waals surface area contributed by atoms with Gasteiger partial charge in [0.1, 0.15) is 0 Å². The minimum absolute atomic E-state index is 0.000307. The number of nitrogens with zero attached hydrogens (tertiary/aromatic N) is 4. The maximum atomic E-state index is 10.7. The average molecular weight is 300 g/mol. The van der Waals surface area contributed by atoms with Crippen molar-refractivity contribution < 1.29 is 9.90 Å². The molecule has 114 valence electrons. The molecule has 0 unspecified atom stereocenters. The molecular formula is C13H24N4O2S. The molecule has 1 N–H and O–H groups in total. The normalized spacial score (nSPS) is 11.3. The van der Waals surface area contributed by atoms with E-state index in [0.29, 0.717) is 11.2 Å². The van der Waals surface area contributed by atoms with Crippen LogP contribution < -0.4 is 4.90 Å². The van der Waals surface area contributed by atoms with Gasteiger partial charge >= 0.3 is 5.97 Å². The first-order valence-corrected chi connectivity index (χ1v) is 7.93. The SMILES string of the molecule is CCCN(c1nnc(SCC(=O)O)n1C(C)C)C(C)C. The molecule has 0 aliphatic heterocycles. The molecular weight excluding hydrogens is 276 g/mol. The van der Waals surface area contributed by atoms with Crippen molar-refractivity contribution in [3.05, 3.63) is 0 Å². The van der Waals surface area contributed by atoms with Gasteiger partial charge in [0.2, 0.25) is 5.95 Å². The van der Waals surface area contributed by atoms with Gasteiger partial charge in [0, 0.05) is 18.6 Å². The Balaban J connectivity index is 3.09. The number of aliphatic carboxylic acids is 1. The van der Waals surface area contributed by atoms with Gasteiger partial charge in [-0.3, -0.25) is 9.36 Å². The first-order valence-electron chi connectivity index (χ1n) is 6.94. The summed E-state index contributed by atoms with van der Waals surface area (Å²) in [7, 11) is 0. The topological polar surface area (TPSA) is 71.2 Å². The summed E-state index contributed by atoms with van der Waals surface area (Å²) in [6.07, 6.45) is 1.03. The number of hydrogen-bond acceptors (Lipinski definition) is 5. The minimum Gasteiger partial charge on any atom is -0.481 e. The van der Waals surface area contributed by atoms with Crippen LogP contribution in [0.25, 0.3) is 0 Å². The smallest absolute Gasteiger partial charge is 0.313 e. The Hall–Kier alpha value is -1.24. The van der Waals surface area contributed by atoms with Gasteiger partial charge in [-0.2, -0.15) is 0 Å². The van der Waals surface area contributed by atoms with Gasteiger partial charge in [-0.1, -0.05) is 18.7 Å². The van der Waals surface area contributed by atoms with E-state index in [-0.39, 0.29) is 11.8 Å². The highest BCUT2D eigenvalue weighted by molar-refractivity contribution is 7.99. The van der Waals surface area contributed by atoms with E-state index in [9.17, 15) is 4.79 Å². The van der Waals surface area contributed by atoms with E-state index in [1.54, 1.807) is 0 Å². The molecule has 1 heterocycles. The van der Waals surface area contributed by atoms with Crippen LogP contribution in [0.3, 0.4) is 0 Å². The van der Waals surface area contributed by atoms with E-state index in [2.05, 4.69) is 49.7 Å². The zero-order chi connectivity index (χ0) is 15.3. The molecule has 0 aliphatic rings. The molecule has 1 aromatic rings. The number of carboxylic acids is 1. The first kappa shape index (κ1) is 16.8. The molecule has 0 radical (unpaired) electrons. The highest BCUT2D eigenvalue weighted by atomic mass is 32.2. The lowest BCUT2D eigenvalue weighted by Gasteiger charge is -2.28. The van der Waals surface area contributed by atoms with Crippen molar-refractivity contribution in [3.63, 3.8) is 0 Å². The Kier molecular flexibility index (Phi) is 6.32. The number of anilines is 1. The van der Waals surface area contributed by atoms with Crippen LogP contribution in [0.15, 0.2) is 5.16 Å². The first-order chi connectivity index (χ1) is 9.38. The maximum absolute atomic E-state index is 10.7. The zero-order valence-electron chi connectivity index (χ0n) is 12.8. The molecule has 6 nitrogen and oxygen atoms in total. The van der Waals surface area contributed by atoms with Crippen molar-refractivity contribution in [1.82, 2.24) is 14.8 Å². The molecule has 7 heteroatoms. The van der Waals surface area contributed by atoms with Crippen LogP contribution in [-0.2, 0) is 4.79 Å². The third kappa shape index (κ3) is 4.13. The van der Waals surface area contributed by atoms with Gasteiger partial charge in [-0.15, -0.1) is 10.2 Å². The van der Waals surface area contributed by atoms with Crippen molar-refractivity contribution in [2.75, 3.05) is 17.2 Å². The Morgan fingerprint density at radius 2 is 2.00 bits per heavy atom. The summed E-state index contributed by atoms with van der Waals surface area (Å²) in [5, 5.41) is 17.9. The number of carboxylic acid groups (broad SMARTS) is 1. The summed E-state index contributed by atoms with van der Waals surface area (Å²) in [5.74, 6) is -0.0193. The molecule has 0 aliphatic carbocycles. The van der Waals surface area contributed by atoms with Crippen LogP contribution in [0, 0.1) is 0 Å². The Morgan fingerprint density at radius 3 is 2.45 bits per heavy atom. The molecule has 0 fully saturated rings. The zero-order valence-corrected chi connectivity index (χ0v) is 13.6. The summed E-state index contributed by atoms with van der Waals surface area (Å²) in [6.45, 7) is 11.4. The van der Waals surface area contributed by atoms with Gasteiger partial charge < -0.3 is 10.0 Å². The van der Waals surface area contributed by atoms with Crippen molar-refractivity contribution in [1.29, 1.82) is 0 Å². The van der Waals surface area contributed by atoms with Crippen molar-refractivity contribution in [3.8, 4) is 0 Å². The van der Waals surface area contributed by atoms with E-state index in [1.165, 1.54) is 11.8 Å². The van der Waals surface area contributed by atoms with E-state index < -0.39 is 5.97 Å². The predicted molar refractivity (Wildman–Crippen MR) is 81.5 cm³/mol. The number of carbonyl (C=O) groups is 1. The molecule has 20 heavy (non-hydrogen) atoms. The lowest BCUT2D eigenvalue weighted by Crippen LogP contribution is -2.34. The third-order valence-electron chi connectivity index (χ3n) is 2.83. The number of hydrogen-bond donors (Lipinski definition) is 1. The highest BCUT2D eigenvalue weighted by Crippen LogP contribution is 2.27. The van der Waals surface area contributed by atoms with E-state index in [1.807, 2.05) is 4.57 Å². The van der Waals surface area contributed by atoms with E-state index >= 15 is 0 Å². The monoisotopic (exact) mass is 300 g/mol. The number of aromatic nitrogens is 3. The summed E-state index contributed by atoms with van der Waals surface area (Å²) in [6, 6.07) is 0.517. The molecule has 1 aromatic heterocycles. The highest BCUT2D eigenvalue weighted by Gasteiger charge is 2.22. The lowest BCUT2D eigenvalue weighted by atomic mass is 10.3. The van der Waals surface area contributed by atoms with Crippen LogP contribution in [0.1, 0.15) is 47.1 Å². The predicted octanol–water partition coefficient (Wildman–Crippen LogP) is 2.66. The Labute approximate surface area is 124 Å². The van der Waals surface area contributed by atoms with Crippen molar-refractivity contribution in [2.45, 2.75) is 58.3 Å². The van der Waals surface area contributed by atoms with E-state index in [4.69, 9.17) is 5.11 Å². The fourth-order valence-electron chi connectivity index (χ4n) is 1.97. The minimum atomic E-state index is -0.843. The van der Waals surface area contributed by atoms with Gasteiger partial charge in [-0.05, 0) is 34.1 Å². The van der Waals surface area contributed by atoms with Crippen LogP contribution in [0.5, 0.6) is 0 Å². The standard InChI is InChI=1S/C13H24N4O2S/c1-6-7-16(9(2)3)12-14-15-13(17(12)10(4)5)20-8-11(18)19/h9-10H,6-8H2,1-5H3,(H,18,19). The molecule has 0 spiro atoms. The largest absolute Gasteiger partial charge is 0.481 e. The molecule has 0 amide bonds. The molecule has 0 bridgehead atoms. The molecule has 0 saturated heterocycles.